The Kier molecular flexibility index (Phi) is 2.60. The van der Waals surface area contributed by atoms with Crippen LogP contribution in [-0.2, 0) is 14.6 Å². The van der Waals surface area contributed by atoms with E-state index in [1.807, 2.05) is 11.0 Å². The summed E-state index contributed by atoms with van der Waals surface area (Å²) in [6.45, 7) is 2.84. The number of fused-ring (bicyclic) bond motifs is 3. The van der Waals surface area contributed by atoms with Gasteiger partial charge < -0.3 is 10.2 Å². The summed E-state index contributed by atoms with van der Waals surface area (Å²) < 4.78 is 23.6. The number of nitrogens with zero attached hydrogens (tertiary/aromatic N) is 1. The van der Waals surface area contributed by atoms with Crippen LogP contribution in [0.5, 0.6) is 0 Å². The Morgan fingerprint density at radius 3 is 2.79 bits per heavy atom. The molecule has 0 spiro atoms. The van der Waals surface area contributed by atoms with E-state index in [-0.39, 0.29) is 22.8 Å². The maximum atomic E-state index is 12.2. The molecule has 1 aromatic rings. The van der Waals surface area contributed by atoms with Crippen LogP contribution >= 0.6 is 0 Å². The third kappa shape index (κ3) is 1.82. The number of carbonyl (C=O) groups is 1. The smallest absolute Gasteiger partial charge is 0.247 e. The molecule has 2 atom stereocenters. The highest BCUT2D eigenvalue weighted by Gasteiger charge is 2.42. The van der Waals surface area contributed by atoms with Crippen molar-refractivity contribution in [3.05, 3.63) is 18.2 Å². The van der Waals surface area contributed by atoms with Gasteiger partial charge in [-0.05, 0) is 24.5 Å². The van der Waals surface area contributed by atoms with E-state index in [0.717, 1.165) is 24.9 Å². The van der Waals surface area contributed by atoms with Gasteiger partial charge in [-0.3, -0.25) is 4.79 Å². The van der Waals surface area contributed by atoms with Crippen molar-refractivity contribution in [2.24, 2.45) is 5.92 Å². The summed E-state index contributed by atoms with van der Waals surface area (Å²) in [5, 5.41) is 2.78. The molecule has 1 aromatic carbocycles. The number of hydrogen-bond donors (Lipinski definition) is 1. The van der Waals surface area contributed by atoms with Gasteiger partial charge in [-0.15, -0.1) is 0 Å². The first-order valence-corrected chi connectivity index (χ1v) is 8.19. The Hall–Kier alpha value is -1.56. The predicted octanol–water partition coefficient (Wildman–Crippen LogP) is 1.26. The molecule has 102 valence electrons. The lowest BCUT2D eigenvalue weighted by atomic mass is 10.00. The molecule has 5 nitrogen and oxygen atoms in total. The van der Waals surface area contributed by atoms with Crippen LogP contribution in [0.15, 0.2) is 23.1 Å². The summed E-state index contributed by atoms with van der Waals surface area (Å²) in [6, 6.07) is 4.96. The molecule has 2 heterocycles. The fraction of sp³-hybridized carbons (Fsp3) is 0.462. The molecule has 1 N–H and O–H groups in total. The number of sulfone groups is 1. The summed E-state index contributed by atoms with van der Waals surface area (Å²) in [4.78, 5) is 14.4. The minimum atomic E-state index is -3.35. The van der Waals surface area contributed by atoms with Gasteiger partial charge in [-0.25, -0.2) is 8.42 Å². The quantitative estimate of drug-likeness (QED) is 0.841. The third-order valence-electron chi connectivity index (χ3n) is 3.93. The van der Waals surface area contributed by atoms with Gasteiger partial charge in [0, 0.05) is 12.8 Å². The van der Waals surface area contributed by atoms with Crippen molar-refractivity contribution in [3.8, 4) is 0 Å². The van der Waals surface area contributed by atoms with Gasteiger partial charge in [-0.1, -0.05) is 13.0 Å². The van der Waals surface area contributed by atoms with Gasteiger partial charge in [0.25, 0.3) is 0 Å². The Balaban J connectivity index is 2.19. The number of carbonyl (C=O) groups excluding carboxylic acids is 1. The lowest BCUT2D eigenvalue weighted by Gasteiger charge is -2.35. The van der Waals surface area contributed by atoms with Crippen LogP contribution in [0.2, 0.25) is 0 Å². The molecule has 0 aliphatic carbocycles. The van der Waals surface area contributed by atoms with Crippen molar-refractivity contribution >= 4 is 27.1 Å². The highest BCUT2D eigenvalue weighted by molar-refractivity contribution is 7.90. The molecular weight excluding hydrogens is 264 g/mol. The summed E-state index contributed by atoms with van der Waals surface area (Å²) in [5.74, 6) is 0.184. The molecular formula is C13H16N2O3S. The summed E-state index contributed by atoms with van der Waals surface area (Å²) in [5.41, 5.74) is 1.25. The molecule has 1 saturated heterocycles. The number of rotatable bonds is 1. The number of nitrogens with one attached hydrogen (secondary N) is 1. The first-order chi connectivity index (χ1) is 8.89. The molecule has 0 radical (unpaired) electrons. The first-order valence-electron chi connectivity index (χ1n) is 6.30. The Morgan fingerprint density at radius 2 is 2.11 bits per heavy atom. The Morgan fingerprint density at radius 1 is 1.37 bits per heavy atom. The average Bonchev–Trinajstić information content (AvgIpc) is 2.70. The van der Waals surface area contributed by atoms with Gasteiger partial charge >= 0.3 is 0 Å². The van der Waals surface area contributed by atoms with Crippen molar-refractivity contribution in [2.45, 2.75) is 24.3 Å². The molecule has 3 rings (SSSR count). The maximum Gasteiger partial charge on any atom is 0.247 e. The highest BCUT2D eigenvalue weighted by atomic mass is 32.2. The van der Waals surface area contributed by atoms with Crippen LogP contribution in [0.4, 0.5) is 11.4 Å². The second-order valence-electron chi connectivity index (χ2n) is 5.32. The van der Waals surface area contributed by atoms with Crippen LogP contribution in [0.3, 0.4) is 0 Å². The van der Waals surface area contributed by atoms with Crippen molar-refractivity contribution in [1.29, 1.82) is 0 Å². The number of para-hydroxylation sites is 1. The molecule has 1 fully saturated rings. The minimum Gasteiger partial charge on any atom is -0.358 e. The van der Waals surface area contributed by atoms with E-state index in [1.54, 1.807) is 6.07 Å². The van der Waals surface area contributed by atoms with Crippen LogP contribution in [0.1, 0.15) is 13.3 Å². The summed E-state index contributed by atoms with van der Waals surface area (Å²) in [7, 11) is -3.35. The van der Waals surface area contributed by atoms with Crippen LogP contribution in [0, 0.1) is 5.92 Å². The highest BCUT2D eigenvalue weighted by Crippen LogP contribution is 2.41. The van der Waals surface area contributed by atoms with Gasteiger partial charge in [0.2, 0.25) is 5.91 Å². The summed E-state index contributed by atoms with van der Waals surface area (Å²) >= 11 is 0. The molecule has 1 amide bonds. The normalized spacial score (nSPS) is 25.8. The largest absolute Gasteiger partial charge is 0.358 e. The molecule has 2 aliphatic heterocycles. The van der Waals surface area contributed by atoms with Gasteiger partial charge in [0.15, 0.2) is 9.84 Å². The molecule has 0 aromatic heterocycles. The second kappa shape index (κ2) is 3.96. The fourth-order valence-corrected chi connectivity index (χ4v) is 3.86. The zero-order chi connectivity index (χ0) is 13.8. The van der Waals surface area contributed by atoms with Crippen molar-refractivity contribution in [3.63, 3.8) is 0 Å². The maximum absolute atomic E-state index is 12.2. The monoisotopic (exact) mass is 280 g/mol. The van der Waals surface area contributed by atoms with E-state index >= 15 is 0 Å². The standard InChI is InChI=1S/C13H16N2O3S/c1-8-6-7-15-9-4-3-5-10(19(2,17)18)11(9)14-13(16)12(8)15/h3-5,8,12H,6-7H2,1-2H3,(H,14,16). The van der Waals surface area contributed by atoms with E-state index in [2.05, 4.69) is 12.2 Å². The molecule has 2 aliphatic rings. The lowest BCUT2D eigenvalue weighted by molar-refractivity contribution is -0.118. The lowest BCUT2D eigenvalue weighted by Crippen LogP contribution is -2.46. The van der Waals surface area contributed by atoms with Gasteiger partial charge in [0.1, 0.15) is 6.04 Å². The van der Waals surface area contributed by atoms with Crippen molar-refractivity contribution in [1.82, 2.24) is 0 Å². The molecule has 2 unspecified atom stereocenters. The van der Waals surface area contributed by atoms with E-state index in [4.69, 9.17) is 0 Å². The van der Waals surface area contributed by atoms with Crippen molar-refractivity contribution < 1.29 is 13.2 Å². The molecule has 6 heteroatoms. The number of anilines is 2. The summed E-state index contributed by atoms with van der Waals surface area (Å²) in [6.07, 6.45) is 2.11. The average molecular weight is 280 g/mol. The van der Waals surface area contributed by atoms with Crippen molar-refractivity contribution in [2.75, 3.05) is 23.0 Å². The number of hydrogen-bond acceptors (Lipinski definition) is 4. The predicted molar refractivity (Wildman–Crippen MR) is 73.1 cm³/mol. The number of amides is 1. The second-order valence-corrected chi connectivity index (χ2v) is 7.30. The Labute approximate surface area is 112 Å². The third-order valence-corrected chi connectivity index (χ3v) is 5.07. The van der Waals surface area contributed by atoms with E-state index < -0.39 is 9.84 Å². The van der Waals surface area contributed by atoms with E-state index in [1.165, 1.54) is 6.07 Å². The van der Waals surface area contributed by atoms with Crippen LogP contribution in [0.25, 0.3) is 0 Å². The Bertz CT molecular complexity index is 654. The number of benzene rings is 1. The zero-order valence-electron chi connectivity index (χ0n) is 10.9. The minimum absolute atomic E-state index is 0.103. The fourth-order valence-electron chi connectivity index (χ4n) is 3.01. The molecule has 19 heavy (non-hydrogen) atoms. The zero-order valence-corrected chi connectivity index (χ0v) is 11.7. The van der Waals surface area contributed by atoms with Crippen LogP contribution in [-0.4, -0.2) is 33.2 Å². The van der Waals surface area contributed by atoms with E-state index in [0.29, 0.717) is 5.69 Å². The van der Waals surface area contributed by atoms with Crippen LogP contribution < -0.4 is 10.2 Å². The SMILES string of the molecule is CC1CCN2c3cccc(S(C)(=O)=O)c3NC(=O)C12. The topological polar surface area (TPSA) is 66.5 Å². The van der Waals surface area contributed by atoms with Gasteiger partial charge in [-0.2, -0.15) is 0 Å². The molecule has 0 saturated carbocycles. The van der Waals surface area contributed by atoms with E-state index in [9.17, 15) is 13.2 Å². The van der Waals surface area contributed by atoms with Gasteiger partial charge in [0.05, 0.1) is 16.3 Å². The molecule has 0 bridgehead atoms. The first kappa shape index (κ1) is 12.5.